The topological polar surface area (TPSA) is 51.5 Å². The molecule has 4 nitrogen and oxygen atoms in total. The second kappa shape index (κ2) is 9.15. The van der Waals surface area contributed by atoms with Gasteiger partial charge in [-0.15, -0.1) is 0 Å². The summed E-state index contributed by atoms with van der Waals surface area (Å²) in [6, 6.07) is 20.0. The number of aryl methyl sites for hydroxylation is 2. The van der Waals surface area contributed by atoms with Gasteiger partial charge in [-0.2, -0.15) is 0 Å². The fraction of sp³-hybridized carbons (Fsp3) is 0.179. The zero-order valence-electron chi connectivity index (χ0n) is 18.9. The zero-order valence-corrected chi connectivity index (χ0v) is 18.9. The van der Waals surface area contributed by atoms with Crippen LogP contribution in [0.5, 0.6) is 5.75 Å². The molecule has 0 radical (unpaired) electrons. The Balaban J connectivity index is 1.71. The fourth-order valence-electron chi connectivity index (χ4n) is 3.75. The summed E-state index contributed by atoms with van der Waals surface area (Å²) in [5, 5.41) is 3.94. The second-order valence-electron chi connectivity index (χ2n) is 7.91. The smallest absolute Gasteiger partial charge is 0.248 e. The largest absolute Gasteiger partial charge is 0.493 e. The van der Waals surface area contributed by atoms with E-state index in [1.807, 2.05) is 69.3 Å². The van der Waals surface area contributed by atoms with Crippen molar-refractivity contribution in [2.75, 3.05) is 11.9 Å². The molecule has 162 valence electrons. The van der Waals surface area contributed by atoms with Gasteiger partial charge in [0.2, 0.25) is 5.91 Å². The van der Waals surface area contributed by atoms with E-state index in [-0.39, 0.29) is 5.91 Å². The molecular formula is C28H27NO3. The third-order valence-electron chi connectivity index (χ3n) is 5.61. The number of carbonyl (C=O) groups excluding carboxylic acids is 1. The molecule has 0 fully saturated rings. The van der Waals surface area contributed by atoms with Gasteiger partial charge in [-0.1, -0.05) is 36.4 Å². The van der Waals surface area contributed by atoms with Gasteiger partial charge in [0.15, 0.2) is 0 Å². The van der Waals surface area contributed by atoms with E-state index >= 15 is 0 Å². The first kappa shape index (κ1) is 21.4. The minimum Gasteiger partial charge on any atom is -0.493 e. The lowest BCUT2D eigenvalue weighted by atomic mass is 9.99. The molecule has 0 atom stereocenters. The minimum atomic E-state index is -0.177. The van der Waals surface area contributed by atoms with Gasteiger partial charge >= 0.3 is 0 Å². The average Bonchev–Trinajstić information content (AvgIpc) is 3.19. The quantitative estimate of drug-likeness (QED) is 0.334. The number of rotatable bonds is 6. The molecule has 1 aromatic heterocycles. The van der Waals surface area contributed by atoms with Crippen molar-refractivity contribution in [1.82, 2.24) is 0 Å². The highest BCUT2D eigenvalue weighted by Gasteiger charge is 2.15. The van der Waals surface area contributed by atoms with Crippen molar-refractivity contribution in [3.63, 3.8) is 0 Å². The normalized spacial score (nSPS) is 11.6. The molecule has 0 unspecified atom stereocenters. The lowest BCUT2D eigenvalue weighted by Crippen LogP contribution is -2.09. The van der Waals surface area contributed by atoms with Crippen LogP contribution >= 0.6 is 0 Å². The minimum absolute atomic E-state index is 0.177. The van der Waals surface area contributed by atoms with Gasteiger partial charge < -0.3 is 14.5 Å². The number of anilines is 1. The van der Waals surface area contributed by atoms with E-state index < -0.39 is 0 Å². The second-order valence-corrected chi connectivity index (χ2v) is 7.91. The van der Waals surface area contributed by atoms with E-state index in [1.165, 1.54) is 5.56 Å². The summed E-state index contributed by atoms with van der Waals surface area (Å²) in [5.74, 6) is 0.519. The van der Waals surface area contributed by atoms with Gasteiger partial charge in [0, 0.05) is 34.3 Å². The Morgan fingerprint density at radius 3 is 2.53 bits per heavy atom. The van der Waals surface area contributed by atoms with Gasteiger partial charge in [0.25, 0.3) is 0 Å². The summed E-state index contributed by atoms with van der Waals surface area (Å²) < 4.78 is 11.7. The van der Waals surface area contributed by atoms with Crippen LogP contribution in [-0.4, -0.2) is 12.5 Å². The number of nitrogens with one attached hydrogen (secondary N) is 1. The van der Waals surface area contributed by atoms with Crippen LogP contribution in [-0.2, 0) is 4.79 Å². The Hall–Kier alpha value is -3.79. The SMILES string of the molecule is CCOc1cc2occ(-c3ccccc3)c2cc1/C(C)=C/C(=O)Nc1ccc(C)c(C)c1. The summed E-state index contributed by atoms with van der Waals surface area (Å²) in [5.41, 5.74) is 7.64. The standard InChI is InChI=1S/C28H27NO3/c1-5-31-26-16-27-24(25(17-32-27)21-9-7-6-8-10-21)15-23(26)20(4)14-28(30)29-22-12-11-18(2)19(3)13-22/h6-17H,5H2,1-4H3,(H,29,30)/b20-14+. The summed E-state index contributed by atoms with van der Waals surface area (Å²) in [6.45, 7) is 8.47. The molecule has 4 heteroatoms. The summed E-state index contributed by atoms with van der Waals surface area (Å²) >= 11 is 0. The van der Waals surface area contributed by atoms with Crippen molar-refractivity contribution in [3.8, 4) is 16.9 Å². The maximum absolute atomic E-state index is 12.7. The molecule has 3 aromatic carbocycles. The number of ether oxygens (including phenoxy) is 1. The predicted octanol–water partition coefficient (Wildman–Crippen LogP) is 7.16. The molecule has 0 bridgehead atoms. The maximum atomic E-state index is 12.7. The van der Waals surface area contributed by atoms with Crippen LogP contribution in [0.25, 0.3) is 27.7 Å². The first-order valence-electron chi connectivity index (χ1n) is 10.8. The maximum Gasteiger partial charge on any atom is 0.248 e. The Bertz CT molecular complexity index is 1300. The summed E-state index contributed by atoms with van der Waals surface area (Å²) in [4.78, 5) is 12.7. The molecule has 32 heavy (non-hydrogen) atoms. The zero-order chi connectivity index (χ0) is 22.7. The van der Waals surface area contributed by atoms with Crippen molar-refractivity contribution in [1.29, 1.82) is 0 Å². The number of carbonyl (C=O) groups is 1. The number of benzene rings is 3. The molecule has 0 spiro atoms. The molecule has 1 amide bonds. The Labute approximate surface area is 188 Å². The number of furan rings is 1. The number of allylic oxidation sites excluding steroid dienone is 1. The Kier molecular flexibility index (Phi) is 6.13. The Morgan fingerprint density at radius 1 is 1.03 bits per heavy atom. The van der Waals surface area contributed by atoms with E-state index in [2.05, 4.69) is 24.4 Å². The van der Waals surface area contributed by atoms with Crippen molar-refractivity contribution in [3.05, 3.63) is 89.7 Å². The number of hydrogen-bond donors (Lipinski definition) is 1. The van der Waals surface area contributed by atoms with Gasteiger partial charge in [-0.3, -0.25) is 4.79 Å². The molecule has 0 aliphatic heterocycles. The lowest BCUT2D eigenvalue weighted by Gasteiger charge is -2.12. The number of hydrogen-bond acceptors (Lipinski definition) is 3. The molecule has 1 heterocycles. The molecule has 0 saturated heterocycles. The first-order valence-corrected chi connectivity index (χ1v) is 10.8. The van der Waals surface area contributed by atoms with Crippen molar-refractivity contribution < 1.29 is 13.9 Å². The van der Waals surface area contributed by atoms with Gasteiger partial charge in [0.1, 0.15) is 11.3 Å². The predicted molar refractivity (Wildman–Crippen MR) is 131 cm³/mol. The van der Waals surface area contributed by atoms with E-state index in [1.54, 1.807) is 12.3 Å². The first-order chi connectivity index (χ1) is 15.5. The highest BCUT2D eigenvalue weighted by molar-refractivity contribution is 6.05. The van der Waals surface area contributed by atoms with Crippen molar-refractivity contribution in [2.24, 2.45) is 0 Å². The molecule has 4 aromatic rings. The van der Waals surface area contributed by atoms with E-state index in [9.17, 15) is 4.79 Å². The van der Waals surface area contributed by atoms with E-state index in [0.717, 1.165) is 44.5 Å². The van der Waals surface area contributed by atoms with Crippen LogP contribution in [0.15, 0.2) is 77.4 Å². The van der Waals surface area contributed by atoms with Crippen LogP contribution in [0, 0.1) is 13.8 Å². The number of amides is 1. The third kappa shape index (κ3) is 4.45. The van der Waals surface area contributed by atoms with Crippen molar-refractivity contribution in [2.45, 2.75) is 27.7 Å². The Morgan fingerprint density at radius 2 is 1.81 bits per heavy atom. The monoisotopic (exact) mass is 425 g/mol. The third-order valence-corrected chi connectivity index (χ3v) is 5.61. The van der Waals surface area contributed by atoms with Crippen LogP contribution in [0.1, 0.15) is 30.5 Å². The molecule has 1 N–H and O–H groups in total. The molecule has 0 saturated carbocycles. The van der Waals surface area contributed by atoms with E-state index in [0.29, 0.717) is 12.4 Å². The van der Waals surface area contributed by atoms with Crippen LogP contribution < -0.4 is 10.1 Å². The molecule has 0 aliphatic carbocycles. The van der Waals surface area contributed by atoms with Crippen LogP contribution in [0.3, 0.4) is 0 Å². The summed E-state index contributed by atoms with van der Waals surface area (Å²) in [7, 11) is 0. The van der Waals surface area contributed by atoms with Crippen molar-refractivity contribution >= 4 is 28.1 Å². The molecule has 4 rings (SSSR count). The summed E-state index contributed by atoms with van der Waals surface area (Å²) in [6.07, 6.45) is 3.38. The van der Waals surface area contributed by atoms with Crippen LogP contribution in [0.4, 0.5) is 5.69 Å². The van der Waals surface area contributed by atoms with Crippen LogP contribution in [0.2, 0.25) is 0 Å². The highest BCUT2D eigenvalue weighted by atomic mass is 16.5. The molecular weight excluding hydrogens is 398 g/mol. The fourth-order valence-corrected chi connectivity index (χ4v) is 3.75. The molecule has 0 aliphatic rings. The van der Waals surface area contributed by atoms with Gasteiger partial charge in [-0.25, -0.2) is 0 Å². The number of fused-ring (bicyclic) bond motifs is 1. The lowest BCUT2D eigenvalue weighted by molar-refractivity contribution is -0.111. The van der Waals surface area contributed by atoms with E-state index in [4.69, 9.17) is 9.15 Å². The van der Waals surface area contributed by atoms with Gasteiger partial charge in [0.05, 0.1) is 12.9 Å². The highest BCUT2D eigenvalue weighted by Crippen LogP contribution is 2.37. The van der Waals surface area contributed by atoms with Gasteiger partial charge in [-0.05, 0) is 68.2 Å². The average molecular weight is 426 g/mol.